The predicted molar refractivity (Wildman–Crippen MR) is 119 cm³/mol. The number of likely N-dealkylation sites (tertiary alicyclic amines) is 1. The van der Waals surface area contributed by atoms with Crippen LogP contribution >= 0.6 is 24.4 Å². The topological polar surface area (TPSA) is 76.1 Å². The van der Waals surface area contributed by atoms with Gasteiger partial charge in [-0.15, -0.1) is 0 Å². The molecule has 0 bridgehead atoms. The highest BCUT2D eigenvalue weighted by Crippen LogP contribution is 2.06. The molecule has 0 amide bonds. The third-order valence-corrected chi connectivity index (χ3v) is 4.45. The van der Waals surface area contributed by atoms with Crippen LogP contribution in [0.15, 0.2) is 10.2 Å². The molecule has 148 valence electrons. The highest BCUT2D eigenvalue weighted by molar-refractivity contribution is 7.80. The summed E-state index contributed by atoms with van der Waals surface area (Å²) in [7, 11) is 0. The molecule has 0 aliphatic carbocycles. The summed E-state index contributed by atoms with van der Waals surface area (Å²) in [5, 5.41) is 15.8. The average molecular weight is 400 g/mol. The van der Waals surface area contributed by atoms with Crippen LogP contribution in [0.5, 0.6) is 0 Å². The lowest BCUT2D eigenvalue weighted by molar-refractivity contribution is 0.334. The van der Waals surface area contributed by atoms with Gasteiger partial charge in [-0.25, -0.2) is 0 Å². The third-order valence-electron chi connectivity index (χ3n) is 3.98. The molecular weight excluding hydrogens is 366 g/mol. The van der Waals surface area contributed by atoms with Gasteiger partial charge in [-0.1, -0.05) is 13.8 Å². The van der Waals surface area contributed by atoms with Crippen LogP contribution in [-0.2, 0) is 0 Å². The maximum atomic E-state index is 5.24. The maximum Gasteiger partial charge on any atom is 0.186 e. The molecule has 1 aliphatic heterocycles. The van der Waals surface area contributed by atoms with Crippen LogP contribution in [0.4, 0.5) is 0 Å². The molecule has 1 heterocycles. The minimum absolute atomic E-state index is 0.508. The first kappa shape index (κ1) is 22.7. The summed E-state index contributed by atoms with van der Waals surface area (Å²) < 4.78 is 0. The van der Waals surface area contributed by atoms with Crippen molar-refractivity contribution in [1.82, 2.24) is 26.4 Å². The van der Waals surface area contributed by atoms with E-state index >= 15 is 0 Å². The van der Waals surface area contributed by atoms with Crippen molar-refractivity contribution >= 4 is 46.1 Å². The Morgan fingerprint density at radius 2 is 1.50 bits per heavy atom. The van der Waals surface area contributed by atoms with E-state index in [1.54, 1.807) is 0 Å². The lowest BCUT2D eigenvalue weighted by Gasteiger charge is -2.14. The number of hydrazone groups is 2. The molecule has 26 heavy (non-hydrogen) atoms. The van der Waals surface area contributed by atoms with E-state index in [4.69, 9.17) is 24.4 Å². The summed E-state index contributed by atoms with van der Waals surface area (Å²) in [6.45, 7) is 13.2. The zero-order chi connectivity index (χ0) is 19.4. The van der Waals surface area contributed by atoms with Crippen molar-refractivity contribution in [1.29, 1.82) is 0 Å². The predicted octanol–water partition coefficient (Wildman–Crippen LogP) is 1.81. The number of nitrogens with zero attached hydrogens (tertiary/aromatic N) is 3. The summed E-state index contributed by atoms with van der Waals surface area (Å²) >= 11 is 10.4. The zero-order valence-corrected chi connectivity index (χ0v) is 18.0. The smallest absolute Gasteiger partial charge is 0.186 e. The first-order valence-electron chi connectivity index (χ1n) is 9.27. The number of hydrogen-bond acceptors (Lipinski definition) is 5. The molecule has 1 fully saturated rings. The molecule has 0 aromatic heterocycles. The Bertz CT molecular complexity index is 511. The Balaban J connectivity index is 2.21. The molecule has 9 heteroatoms. The van der Waals surface area contributed by atoms with Gasteiger partial charge in [0.15, 0.2) is 10.2 Å². The highest BCUT2D eigenvalue weighted by Gasteiger charge is 2.10. The van der Waals surface area contributed by atoms with Gasteiger partial charge >= 0.3 is 0 Å². The van der Waals surface area contributed by atoms with Crippen LogP contribution in [0.3, 0.4) is 0 Å². The normalized spacial score (nSPS) is 15.9. The molecule has 4 N–H and O–H groups in total. The van der Waals surface area contributed by atoms with Gasteiger partial charge in [0.05, 0.1) is 11.4 Å². The van der Waals surface area contributed by atoms with Gasteiger partial charge in [0.25, 0.3) is 0 Å². The first-order valence-corrected chi connectivity index (χ1v) is 10.1. The van der Waals surface area contributed by atoms with E-state index in [9.17, 15) is 0 Å². The van der Waals surface area contributed by atoms with E-state index in [1.165, 1.54) is 25.9 Å². The van der Waals surface area contributed by atoms with E-state index in [0.29, 0.717) is 16.1 Å². The Morgan fingerprint density at radius 3 is 2.04 bits per heavy atom. The van der Waals surface area contributed by atoms with Crippen LogP contribution < -0.4 is 21.5 Å². The molecule has 7 nitrogen and oxygen atoms in total. The quantitative estimate of drug-likeness (QED) is 0.204. The van der Waals surface area contributed by atoms with Crippen molar-refractivity contribution in [2.75, 3.05) is 32.7 Å². The lowest BCUT2D eigenvalue weighted by atomic mass is 10.2. The van der Waals surface area contributed by atoms with Crippen molar-refractivity contribution in [3.63, 3.8) is 0 Å². The SMILES string of the molecule is CC(=NNC(=S)NCCCN1CCCC1)C(C)=NNC(=S)NCC(C)C. The number of nitrogens with one attached hydrogen (secondary N) is 4. The minimum atomic E-state index is 0.508. The molecule has 0 radical (unpaired) electrons. The molecular formula is C17H33N7S2. The largest absolute Gasteiger partial charge is 0.361 e. The van der Waals surface area contributed by atoms with Gasteiger partial charge < -0.3 is 15.5 Å². The highest BCUT2D eigenvalue weighted by atomic mass is 32.1. The van der Waals surface area contributed by atoms with Gasteiger partial charge in [-0.05, 0) is 83.1 Å². The fraction of sp³-hybridized carbons (Fsp3) is 0.765. The van der Waals surface area contributed by atoms with Crippen LogP contribution in [0.2, 0.25) is 0 Å². The molecule has 1 saturated heterocycles. The fourth-order valence-corrected chi connectivity index (χ4v) is 2.59. The maximum absolute atomic E-state index is 5.24. The Labute approximate surface area is 168 Å². The van der Waals surface area contributed by atoms with Crippen LogP contribution in [0.1, 0.15) is 47.0 Å². The molecule has 1 aliphatic rings. The molecule has 0 spiro atoms. The monoisotopic (exact) mass is 399 g/mol. The van der Waals surface area contributed by atoms with Crippen molar-refractivity contribution in [3.05, 3.63) is 0 Å². The summed E-state index contributed by atoms with van der Waals surface area (Å²) in [5.74, 6) is 0.524. The number of hydrogen-bond donors (Lipinski definition) is 4. The molecule has 0 unspecified atom stereocenters. The molecule has 0 saturated carbocycles. The van der Waals surface area contributed by atoms with Crippen molar-refractivity contribution in [3.8, 4) is 0 Å². The lowest BCUT2D eigenvalue weighted by Crippen LogP contribution is -2.36. The average Bonchev–Trinajstić information content (AvgIpc) is 3.12. The van der Waals surface area contributed by atoms with E-state index < -0.39 is 0 Å². The summed E-state index contributed by atoms with van der Waals surface area (Å²) in [4.78, 5) is 2.49. The molecule has 0 aromatic rings. The second kappa shape index (κ2) is 12.9. The van der Waals surface area contributed by atoms with E-state index in [2.05, 4.69) is 50.4 Å². The Kier molecular flexibility index (Phi) is 11.3. The van der Waals surface area contributed by atoms with Gasteiger partial charge in [0.1, 0.15) is 0 Å². The summed E-state index contributed by atoms with van der Waals surface area (Å²) in [5.41, 5.74) is 7.16. The molecule has 1 rings (SSSR count). The van der Waals surface area contributed by atoms with Gasteiger partial charge in [0, 0.05) is 13.1 Å². The second-order valence-electron chi connectivity index (χ2n) is 6.88. The molecule has 0 aromatic carbocycles. The number of thiocarbonyl (C=S) groups is 2. The minimum Gasteiger partial charge on any atom is -0.361 e. The van der Waals surface area contributed by atoms with Crippen molar-refractivity contribution in [2.45, 2.75) is 47.0 Å². The summed E-state index contributed by atoms with van der Waals surface area (Å²) in [6.07, 6.45) is 3.74. The fourth-order valence-electron chi connectivity index (χ4n) is 2.32. The van der Waals surface area contributed by atoms with Crippen LogP contribution in [-0.4, -0.2) is 59.3 Å². The number of rotatable bonds is 9. The zero-order valence-electron chi connectivity index (χ0n) is 16.4. The van der Waals surface area contributed by atoms with E-state index in [1.807, 2.05) is 13.8 Å². The Hall–Kier alpha value is -1.32. The van der Waals surface area contributed by atoms with E-state index in [-0.39, 0.29) is 0 Å². The standard InChI is InChI=1S/C17H33N7S2/c1-13(2)12-19-17(26)23-21-15(4)14(3)20-22-16(25)18-8-7-11-24-9-5-6-10-24/h13H,5-12H2,1-4H3,(H2,18,22,25)(H2,19,23,26). The van der Waals surface area contributed by atoms with E-state index in [0.717, 1.165) is 37.5 Å². The van der Waals surface area contributed by atoms with Crippen LogP contribution in [0, 0.1) is 5.92 Å². The van der Waals surface area contributed by atoms with Gasteiger partial charge in [-0.3, -0.25) is 10.9 Å². The van der Waals surface area contributed by atoms with Gasteiger partial charge in [-0.2, -0.15) is 10.2 Å². The first-order chi connectivity index (χ1) is 12.4. The third kappa shape index (κ3) is 10.6. The summed E-state index contributed by atoms with van der Waals surface area (Å²) in [6, 6.07) is 0. The Morgan fingerprint density at radius 1 is 0.962 bits per heavy atom. The van der Waals surface area contributed by atoms with Crippen LogP contribution in [0.25, 0.3) is 0 Å². The van der Waals surface area contributed by atoms with Crippen molar-refractivity contribution < 1.29 is 0 Å². The van der Waals surface area contributed by atoms with Crippen molar-refractivity contribution in [2.24, 2.45) is 16.1 Å². The molecule has 0 atom stereocenters. The second-order valence-corrected chi connectivity index (χ2v) is 7.70. The van der Waals surface area contributed by atoms with Gasteiger partial charge in [0.2, 0.25) is 0 Å².